The average molecular weight is 321 g/mol. The lowest BCUT2D eigenvalue weighted by molar-refractivity contribution is 0.0556. The molecular weight excluding hydrogens is 300 g/mol. The third-order valence-electron chi connectivity index (χ3n) is 5.13. The summed E-state index contributed by atoms with van der Waals surface area (Å²) in [5, 5.41) is 1.66. The molecule has 5 rings (SSSR count). The third kappa shape index (κ3) is 2.31. The summed E-state index contributed by atoms with van der Waals surface area (Å²) in [5.41, 5.74) is 0.116. The first kappa shape index (κ1) is 15.4. The Labute approximate surface area is 136 Å². The largest absolute Gasteiger partial charge is 0.496 e. The summed E-state index contributed by atoms with van der Waals surface area (Å²) in [7, 11) is 1.65. The molecule has 0 saturated carbocycles. The molecule has 1 aromatic carbocycles. The van der Waals surface area contributed by atoms with Crippen molar-refractivity contribution in [2.45, 2.75) is 18.9 Å². The van der Waals surface area contributed by atoms with Crippen molar-refractivity contribution in [2.24, 2.45) is 5.92 Å². The molecule has 3 saturated heterocycles. The highest BCUT2D eigenvalue weighted by Crippen LogP contribution is 2.35. The summed E-state index contributed by atoms with van der Waals surface area (Å²) in [6, 6.07) is 8.05. The Morgan fingerprint density at radius 3 is 2.55 bits per heavy atom. The van der Waals surface area contributed by atoms with E-state index in [9.17, 15) is 4.79 Å². The molecule has 0 spiro atoms. The number of methoxy groups -OCH3 is 1. The lowest BCUT2D eigenvalue weighted by Gasteiger charge is -2.45. The van der Waals surface area contributed by atoms with Gasteiger partial charge in [-0.2, -0.15) is 0 Å². The van der Waals surface area contributed by atoms with E-state index in [2.05, 4.69) is 4.90 Å². The van der Waals surface area contributed by atoms with Crippen molar-refractivity contribution in [2.75, 3.05) is 26.7 Å². The molecule has 22 heavy (non-hydrogen) atoms. The second-order valence-electron chi connectivity index (χ2n) is 6.16. The molecule has 0 unspecified atom stereocenters. The van der Waals surface area contributed by atoms with E-state index in [0.29, 0.717) is 12.0 Å². The molecule has 4 nitrogen and oxygen atoms in total. The Bertz CT molecular complexity index is 735. The Kier molecular flexibility index (Phi) is 4.15. The maximum atomic E-state index is 12.9. The van der Waals surface area contributed by atoms with Crippen molar-refractivity contribution >= 4 is 23.2 Å². The van der Waals surface area contributed by atoms with Crippen LogP contribution in [-0.4, -0.2) is 36.2 Å². The molecule has 1 atom stereocenters. The molecule has 5 heteroatoms. The van der Waals surface area contributed by atoms with Crippen molar-refractivity contribution in [1.29, 1.82) is 0 Å². The number of benzene rings is 1. The van der Waals surface area contributed by atoms with Crippen LogP contribution in [0.3, 0.4) is 0 Å². The van der Waals surface area contributed by atoms with Crippen molar-refractivity contribution in [1.82, 2.24) is 9.47 Å². The van der Waals surface area contributed by atoms with Crippen LogP contribution in [0.2, 0.25) is 0 Å². The van der Waals surface area contributed by atoms with Crippen LogP contribution in [-0.2, 0) is 0 Å². The number of rotatable bonds is 2. The number of pyridine rings is 1. The molecule has 118 valence electrons. The molecule has 0 aliphatic carbocycles. The molecule has 2 bridgehead atoms. The zero-order valence-electron chi connectivity index (χ0n) is 12.7. The first-order chi connectivity index (χ1) is 10.3. The fourth-order valence-corrected chi connectivity index (χ4v) is 3.95. The van der Waals surface area contributed by atoms with Crippen LogP contribution in [0.5, 0.6) is 5.75 Å². The maximum Gasteiger partial charge on any atom is 0.258 e. The van der Waals surface area contributed by atoms with Crippen LogP contribution in [0.25, 0.3) is 10.8 Å². The van der Waals surface area contributed by atoms with Crippen LogP contribution in [0.1, 0.15) is 18.9 Å². The van der Waals surface area contributed by atoms with Crippen LogP contribution in [0.4, 0.5) is 0 Å². The van der Waals surface area contributed by atoms with E-state index in [1.807, 2.05) is 35.0 Å². The Morgan fingerprint density at radius 2 is 1.91 bits per heavy atom. The zero-order chi connectivity index (χ0) is 14.4. The highest BCUT2D eigenvalue weighted by molar-refractivity contribution is 5.87. The van der Waals surface area contributed by atoms with Crippen molar-refractivity contribution < 1.29 is 4.74 Å². The maximum absolute atomic E-state index is 12.9. The van der Waals surface area contributed by atoms with Gasteiger partial charge in [0.05, 0.1) is 18.5 Å². The molecule has 4 heterocycles. The van der Waals surface area contributed by atoms with E-state index in [-0.39, 0.29) is 18.0 Å². The smallest absolute Gasteiger partial charge is 0.258 e. The van der Waals surface area contributed by atoms with E-state index in [0.717, 1.165) is 23.1 Å². The summed E-state index contributed by atoms with van der Waals surface area (Å²) >= 11 is 0. The van der Waals surface area contributed by atoms with Crippen molar-refractivity contribution in [3.05, 3.63) is 40.8 Å². The van der Waals surface area contributed by atoms with Crippen molar-refractivity contribution in [3.8, 4) is 5.75 Å². The van der Waals surface area contributed by atoms with Crippen LogP contribution < -0.4 is 10.3 Å². The number of nitrogens with zero attached hydrogens (tertiary/aromatic N) is 2. The molecule has 3 aliphatic heterocycles. The van der Waals surface area contributed by atoms with Crippen LogP contribution in [0.15, 0.2) is 35.3 Å². The van der Waals surface area contributed by atoms with Gasteiger partial charge in [-0.05, 0) is 50.0 Å². The Balaban J connectivity index is 0.00000144. The molecular formula is C17H21ClN2O2. The average Bonchev–Trinajstić information content (AvgIpc) is 2.56. The predicted molar refractivity (Wildman–Crippen MR) is 90.2 cm³/mol. The standard InChI is InChI=1S/C17H20N2O2.ClH/c1-21-16-4-2-3-14-13(16)7-10-19(17(14)20)15-11-18-8-5-12(15)6-9-18;/h2-4,7,10,12,15H,5-6,8-9,11H2,1H3;1H/t15-;/m1./s1. The van der Waals surface area contributed by atoms with Gasteiger partial charge in [0.15, 0.2) is 0 Å². The van der Waals surface area contributed by atoms with Gasteiger partial charge in [-0.15, -0.1) is 12.4 Å². The summed E-state index contributed by atoms with van der Waals surface area (Å²) in [6.07, 6.45) is 4.39. The fraction of sp³-hybridized carbons (Fsp3) is 0.471. The quantitative estimate of drug-likeness (QED) is 0.853. The van der Waals surface area contributed by atoms with E-state index < -0.39 is 0 Å². The molecule has 3 fully saturated rings. The third-order valence-corrected chi connectivity index (χ3v) is 5.13. The van der Waals surface area contributed by atoms with Gasteiger partial charge in [0.1, 0.15) is 5.75 Å². The van der Waals surface area contributed by atoms with E-state index in [1.165, 1.54) is 25.9 Å². The predicted octanol–water partition coefficient (Wildman–Crippen LogP) is 2.70. The first-order valence-corrected chi connectivity index (χ1v) is 7.68. The minimum Gasteiger partial charge on any atom is -0.496 e. The summed E-state index contributed by atoms with van der Waals surface area (Å²) in [5.74, 6) is 1.42. The van der Waals surface area contributed by atoms with Gasteiger partial charge in [-0.25, -0.2) is 0 Å². The van der Waals surface area contributed by atoms with E-state index in [1.54, 1.807) is 7.11 Å². The molecule has 1 aromatic heterocycles. The number of fused-ring (bicyclic) bond motifs is 4. The number of ether oxygens (including phenoxy) is 1. The highest BCUT2D eigenvalue weighted by atomic mass is 35.5. The number of halogens is 1. The number of hydrogen-bond donors (Lipinski definition) is 0. The SMILES string of the molecule is COc1cccc2c(=O)n([C@@H]3CN4CCC3CC4)ccc12.Cl. The summed E-state index contributed by atoms with van der Waals surface area (Å²) in [4.78, 5) is 15.3. The second kappa shape index (κ2) is 5.94. The van der Waals surface area contributed by atoms with Gasteiger partial charge in [-0.1, -0.05) is 6.07 Å². The van der Waals surface area contributed by atoms with E-state index in [4.69, 9.17) is 4.74 Å². The lowest BCUT2D eigenvalue weighted by Crippen LogP contribution is -2.49. The van der Waals surface area contributed by atoms with Gasteiger partial charge in [-0.3, -0.25) is 4.79 Å². The fourth-order valence-electron chi connectivity index (χ4n) is 3.95. The van der Waals surface area contributed by atoms with Crippen molar-refractivity contribution in [3.63, 3.8) is 0 Å². The Hall–Kier alpha value is -1.52. The summed E-state index contributed by atoms with van der Waals surface area (Å²) < 4.78 is 7.32. The molecule has 0 N–H and O–H groups in total. The number of hydrogen-bond acceptors (Lipinski definition) is 3. The molecule has 3 aliphatic rings. The highest BCUT2D eigenvalue weighted by Gasteiger charge is 2.35. The zero-order valence-corrected chi connectivity index (χ0v) is 13.5. The van der Waals surface area contributed by atoms with Crippen LogP contribution in [0, 0.1) is 5.92 Å². The van der Waals surface area contributed by atoms with Gasteiger partial charge in [0.2, 0.25) is 0 Å². The van der Waals surface area contributed by atoms with Crippen LogP contribution >= 0.6 is 12.4 Å². The number of aromatic nitrogens is 1. The van der Waals surface area contributed by atoms with Gasteiger partial charge >= 0.3 is 0 Å². The first-order valence-electron chi connectivity index (χ1n) is 7.68. The monoisotopic (exact) mass is 320 g/mol. The molecule has 0 amide bonds. The molecule has 2 aromatic rings. The normalized spacial score (nSPS) is 26.7. The molecule has 0 radical (unpaired) electrons. The summed E-state index contributed by atoms with van der Waals surface area (Å²) in [6.45, 7) is 3.40. The lowest BCUT2D eigenvalue weighted by atomic mass is 9.84. The van der Waals surface area contributed by atoms with Gasteiger partial charge < -0.3 is 14.2 Å². The van der Waals surface area contributed by atoms with Gasteiger partial charge in [0, 0.05) is 18.1 Å². The Morgan fingerprint density at radius 1 is 1.14 bits per heavy atom. The second-order valence-corrected chi connectivity index (χ2v) is 6.16. The van der Waals surface area contributed by atoms with Gasteiger partial charge in [0.25, 0.3) is 5.56 Å². The minimum atomic E-state index is 0. The van der Waals surface area contributed by atoms with E-state index >= 15 is 0 Å². The topological polar surface area (TPSA) is 34.5 Å². The minimum absolute atomic E-state index is 0. The number of piperidine rings is 3.